The van der Waals surface area contributed by atoms with Crippen LogP contribution < -0.4 is 5.32 Å². The van der Waals surface area contributed by atoms with Gasteiger partial charge in [-0.1, -0.05) is 25.2 Å². The van der Waals surface area contributed by atoms with Gasteiger partial charge in [-0.25, -0.2) is 4.98 Å². The molecule has 0 saturated carbocycles. The zero-order valence-electron chi connectivity index (χ0n) is 10.3. The van der Waals surface area contributed by atoms with Crippen molar-refractivity contribution in [3.63, 3.8) is 0 Å². The Bertz CT molecular complexity index is 474. The zero-order valence-corrected chi connectivity index (χ0v) is 11.2. The maximum atomic E-state index is 4.29. The van der Waals surface area contributed by atoms with Crippen LogP contribution in [0.5, 0.6) is 0 Å². The second kappa shape index (κ2) is 5.37. The van der Waals surface area contributed by atoms with E-state index in [0.717, 1.165) is 28.8 Å². The quantitative estimate of drug-likeness (QED) is 0.877. The summed E-state index contributed by atoms with van der Waals surface area (Å²) in [6.07, 6.45) is 4.75. The molecule has 0 amide bonds. The van der Waals surface area contributed by atoms with Gasteiger partial charge in [-0.05, 0) is 13.0 Å². The Morgan fingerprint density at radius 3 is 2.94 bits per heavy atom. The molecule has 6 heteroatoms. The smallest absolute Gasteiger partial charge is 0.217 e. The fourth-order valence-corrected chi connectivity index (χ4v) is 2.52. The molecule has 0 radical (unpaired) electrons. The molecule has 0 aliphatic heterocycles. The predicted molar refractivity (Wildman–Crippen MR) is 68.3 cm³/mol. The van der Waals surface area contributed by atoms with E-state index in [1.165, 1.54) is 0 Å². The van der Waals surface area contributed by atoms with Crippen molar-refractivity contribution in [1.82, 2.24) is 25.1 Å². The Morgan fingerprint density at radius 2 is 2.24 bits per heavy atom. The van der Waals surface area contributed by atoms with Crippen LogP contribution in [-0.2, 0) is 13.0 Å². The molecule has 17 heavy (non-hydrogen) atoms. The Morgan fingerprint density at radius 1 is 1.41 bits per heavy atom. The first kappa shape index (κ1) is 12.2. The summed E-state index contributed by atoms with van der Waals surface area (Å²) in [4.78, 5) is 4.29. The van der Waals surface area contributed by atoms with E-state index in [2.05, 4.69) is 34.3 Å². The molecule has 0 unspecified atom stereocenters. The van der Waals surface area contributed by atoms with Crippen LogP contribution in [-0.4, -0.2) is 26.8 Å². The fraction of sp³-hybridized carbons (Fsp3) is 0.545. The third kappa shape index (κ3) is 3.10. The van der Waals surface area contributed by atoms with Gasteiger partial charge in [-0.2, -0.15) is 0 Å². The minimum atomic E-state index is 0.610. The second-order valence-corrected chi connectivity index (χ2v) is 5.42. The lowest BCUT2D eigenvalue weighted by atomic mass is 10.1. The van der Waals surface area contributed by atoms with Gasteiger partial charge < -0.3 is 5.32 Å². The lowest BCUT2D eigenvalue weighted by molar-refractivity contribution is 0.639. The van der Waals surface area contributed by atoms with Gasteiger partial charge in [0.15, 0.2) is 0 Å². The van der Waals surface area contributed by atoms with Gasteiger partial charge in [0.2, 0.25) is 5.13 Å². The van der Waals surface area contributed by atoms with Crippen LogP contribution in [0.4, 0.5) is 0 Å². The van der Waals surface area contributed by atoms with Gasteiger partial charge in [-0.3, -0.25) is 4.57 Å². The van der Waals surface area contributed by atoms with Crippen LogP contribution in [0.2, 0.25) is 0 Å². The van der Waals surface area contributed by atoms with Gasteiger partial charge in [0, 0.05) is 19.2 Å². The van der Waals surface area contributed by atoms with Gasteiger partial charge >= 0.3 is 0 Å². The van der Waals surface area contributed by atoms with Crippen molar-refractivity contribution in [3.05, 3.63) is 23.2 Å². The highest BCUT2D eigenvalue weighted by Gasteiger charge is 2.08. The summed E-state index contributed by atoms with van der Waals surface area (Å²) in [6, 6.07) is 0. The fourth-order valence-electron chi connectivity index (χ4n) is 1.52. The van der Waals surface area contributed by atoms with Crippen LogP contribution in [0.15, 0.2) is 12.5 Å². The van der Waals surface area contributed by atoms with Crippen molar-refractivity contribution in [1.29, 1.82) is 0 Å². The molecule has 0 saturated heterocycles. The maximum absolute atomic E-state index is 4.29. The van der Waals surface area contributed by atoms with Crippen molar-refractivity contribution in [3.8, 4) is 5.13 Å². The topological polar surface area (TPSA) is 55.6 Å². The summed E-state index contributed by atoms with van der Waals surface area (Å²) in [5.74, 6) is 0.610. The minimum absolute atomic E-state index is 0.610. The number of hydrogen-bond acceptors (Lipinski definition) is 5. The third-order valence-corrected chi connectivity index (χ3v) is 3.21. The number of rotatable bonds is 5. The Hall–Kier alpha value is -1.27. The molecule has 2 aromatic heterocycles. The first-order valence-corrected chi connectivity index (χ1v) is 6.51. The second-order valence-electron chi connectivity index (χ2n) is 4.38. The molecule has 92 valence electrons. The van der Waals surface area contributed by atoms with E-state index in [1.54, 1.807) is 17.7 Å². The molecule has 0 spiro atoms. The highest BCUT2D eigenvalue weighted by atomic mass is 32.1. The van der Waals surface area contributed by atoms with Crippen molar-refractivity contribution in [2.45, 2.75) is 26.8 Å². The van der Waals surface area contributed by atoms with E-state index in [1.807, 2.05) is 17.8 Å². The first-order valence-electron chi connectivity index (χ1n) is 5.69. The summed E-state index contributed by atoms with van der Waals surface area (Å²) >= 11 is 1.63. The van der Waals surface area contributed by atoms with Crippen LogP contribution >= 0.6 is 11.3 Å². The molecule has 0 fully saturated rings. The van der Waals surface area contributed by atoms with Crippen LogP contribution in [0.3, 0.4) is 0 Å². The molecule has 2 rings (SSSR count). The standard InChI is InChI=1S/C11H17N5S/c1-8(2)4-10-14-15-11(17-10)16-6-9(5-12-3)13-7-16/h6-8,12H,4-5H2,1-3H3. The normalized spacial score (nSPS) is 11.3. The van der Waals surface area contributed by atoms with Crippen LogP contribution in [0, 0.1) is 5.92 Å². The average molecular weight is 251 g/mol. The number of nitrogens with zero attached hydrogens (tertiary/aromatic N) is 4. The van der Waals surface area contributed by atoms with E-state index in [0.29, 0.717) is 5.92 Å². The molecular weight excluding hydrogens is 234 g/mol. The van der Waals surface area contributed by atoms with Gasteiger partial charge in [-0.15, -0.1) is 10.2 Å². The molecule has 0 aliphatic rings. The molecule has 2 aromatic rings. The first-order chi connectivity index (χ1) is 8.19. The maximum Gasteiger partial charge on any atom is 0.217 e. The van der Waals surface area contributed by atoms with Crippen molar-refractivity contribution < 1.29 is 0 Å². The molecule has 2 heterocycles. The highest BCUT2D eigenvalue weighted by molar-refractivity contribution is 7.13. The summed E-state index contributed by atoms with van der Waals surface area (Å²) in [6.45, 7) is 5.14. The van der Waals surface area contributed by atoms with E-state index in [-0.39, 0.29) is 0 Å². The van der Waals surface area contributed by atoms with Crippen molar-refractivity contribution in [2.24, 2.45) is 5.92 Å². The zero-order chi connectivity index (χ0) is 12.3. The summed E-state index contributed by atoms with van der Waals surface area (Å²) in [5, 5.41) is 13.4. The van der Waals surface area contributed by atoms with E-state index in [9.17, 15) is 0 Å². The van der Waals surface area contributed by atoms with E-state index in [4.69, 9.17) is 0 Å². The molecule has 0 aromatic carbocycles. The number of hydrogen-bond donors (Lipinski definition) is 1. The average Bonchev–Trinajstić information content (AvgIpc) is 2.86. The predicted octanol–water partition coefficient (Wildman–Crippen LogP) is 1.64. The molecule has 0 bridgehead atoms. The Kier molecular flexibility index (Phi) is 3.86. The molecule has 5 nitrogen and oxygen atoms in total. The van der Waals surface area contributed by atoms with Crippen LogP contribution in [0.1, 0.15) is 24.5 Å². The minimum Gasteiger partial charge on any atom is -0.314 e. The Balaban J connectivity index is 2.12. The lowest BCUT2D eigenvalue weighted by Crippen LogP contribution is -2.04. The SMILES string of the molecule is CNCc1cn(-c2nnc(CC(C)C)s2)cn1. The summed E-state index contributed by atoms with van der Waals surface area (Å²) in [7, 11) is 1.91. The molecule has 0 aliphatic carbocycles. The largest absolute Gasteiger partial charge is 0.314 e. The summed E-state index contributed by atoms with van der Waals surface area (Å²) in [5.41, 5.74) is 1.01. The van der Waals surface area contributed by atoms with Crippen molar-refractivity contribution >= 4 is 11.3 Å². The number of aromatic nitrogens is 4. The highest BCUT2D eigenvalue weighted by Crippen LogP contribution is 2.17. The van der Waals surface area contributed by atoms with E-state index < -0.39 is 0 Å². The molecular formula is C11H17N5S. The summed E-state index contributed by atoms with van der Waals surface area (Å²) < 4.78 is 1.92. The number of imidazole rings is 1. The Labute approximate surface area is 105 Å². The molecule has 0 atom stereocenters. The van der Waals surface area contributed by atoms with Gasteiger partial charge in [0.1, 0.15) is 11.3 Å². The van der Waals surface area contributed by atoms with Gasteiger partial charge in [0.25, 0.3) is 0 Å². The third-order valence-electron chi connectivity index (χ3n) is 2.25. The van der Waals surface area contributed by atoms with Crippen molar-refractivity contribution in [2.75, 3.05) is 7.05 Å². The monoisotopic (exact) mass is 251 g/mol. The lowest BCUT2D eigenvalue weighted by Gasteiger charge is -1.97. The van der Waals surface area contributed by atoms with Crippen LogP contribution in [0.25, 0.3) is 5.13 Å². The van der Waals surface area contributed by atoms with Gasteiger partial charge in [0.05, 0.1) is 5.69 Å². The van der Waals surface area contributed by atoms with E-state index >= 15 is 0 Å². The number of nitrogens with one attached hydrogen (secondary N) is 1. The molecule has 1 N–H and O–H groups in total.